The number of carbonyl (C=O) groups is 1. The van der Waals surface area contributed by atoms with Crippen molar-refractivity contribution in [3.63, 3.8) is 0 Å². The van der Waals surface area contributed by atoms with Gasteiger partial charge in [-0.3, -0.25) is 4.79 Å². The third-order valence-electron chi connectivity index (χ3n) is 1.56. The average Bonchev–Trinajstić information content (AvgIpc) is 2.18. The lowest BCUT2D eigenvalue weighted by atomic mass is 10.3. The summed E-state index contributed by atoms with van der Waals surface area (Å²) in [5.74, 6) is 0.269. The summed E-state index contributed by atoms with van der Waals surface area (Å²) >= 11 is 8.67. The van der Waals surface area contributed by atoms with Gasteiger partial charge < -0.3 is 10.1 Å². The highest BCUT2D eigenvalue weighted by Gasteiger charge is 2.06. The van der Waals surface area contributed by atoms with Gasteiger partial charge in [0.2, 0.25) is 5.91 Å². The Hall–Kier alpha value is -0.740. The molecule has 76 valence electrons. The number of amides is 1. The Kier molecular flexibility index (Phi) is 4.22. The van der Waals surface area contributed by atoms with Crippen LogP contribution in [0.15, 0.2) is 22.7 Å². The molecule has 0 aliphatic heterocycles. The van der Waals surface area contributed by atoms with Gasteiger partial charge in [0, 0.05) is 4.47 Å². The smallest absolute Gasteiger partial charge is 0.239 e. The molecule has 0 bridgehead atoms. The number of halogens is 2. The van der Waals surface area contributed by atoms with E-state index in [1.165, 1.54) is 0 Å². The third-order valence-corrected chi connectivity index (χ3v) is 2.29. The van der Waals surface area contributed by atoms with E-state index in [1.54, 1.807) is 19.2 Å². The molecule has 3 nitrogen and oxygen atoms in total. The molecular weight excluding hydrogens is 269 g/mol. The molecule has 1 N–H and O–H groups in total. The number of ether oxygens (including phenoxy) is 1. The Morgan fingerprint density at radius 3 is 2.93 bits per heavy atom. The van der Waals surface area contributed by atoms with Gasteiger partial charge in [0.25, 0.3) is 0 Å². The van der Waals surface area contributed by atoms with Crippen LogP contribution < -0.4 is 10.1 Å². The molecular formula is C9H9BrClNO2. The Labute approximate surface area is 95.5 Å². The number of anilines is 1. The van der Waals surface area contributed by atoms with Crippen LogP contribution in [-0.2, 0) is 4.79 Å². The Bertz CT molecular complexity index is 344. The lowest BCUT2D eigenvalue weighted by Crippen LogP contribution is -2.13. The fourth-order valence-corrected chi connectivity index (χ4v) is 1.39. The number of methoxy groups -OCH3 is 1. The van der Waals surface area contributed by atoms with Crippen LogP contribution in [-0.4, -0.2) is 18.9 Å². The number of benzene rings is 1. The summed E-state index contributed by atoms with van der Waals surface area (Å²) in [6.07, 6.45) is 0. The average molecular weight is 279 g/mol. The summed E-state index contributed by atoms with van der Waals surface area (Å²) in [6, 6.07) is 5.34. The zero-order valence-corrected chi connectivity index (χ0v) is 9.85. The van der Waals surface area contributed by atoms with Crippen molar-refractivity contribution in [1.29, 1.82) is 0 Å². The predicted octanol–water partition coefficient (Wildman–Crippen LogP) is 2.64. The molecule has 0 aliphatic carbocycles. The molecule has 0 unspecified atom stereocenters. The maximum absolute atomic E-state index is 11.0. The van der Waals surface area contributed by atoms with Crippen LogP contribution in [0.3, 0.4) is 0 Å². The molecule has 0 saturated carbocycles. The first-order valence-electron chi connectivity index (χ1n) is 3.86. The monoisotopic (exact) mass is 277 g/mol. The summed E-state index contributed by atoms with van der Waals surface area (Å²) in [6.45, 7) is 0. The van der Waals surface area contributed by atoms with E-state index in [0.29, 0.717) is 11.4 Å². The molecule has 0 aromatic heterocycles. The molecule has 0 saturated heterocycles. The highest BCUT2D eigenvalue weighted by atomic mass is 79.9. The van der Waals surface area contributed by atoms with Crippen molar-refractivity contribution in [2.24, 2.45) is 0 Å². The first-order chi connectivity index (χ1) is 6.67. The molecule has 0 radical (unpaired) electrons. The molecule has 1 rings (SSSR count). The van der Waals surface area contributed by atoms with E-state index in [9.17, 15) is 4.79 Å². The van der Waals surface area contributed by atoms with Gasteiger partial charge in [-0.15, -0.1) is 11.6 Å². The van der Waals surface area contributed by atoms with Gasteiger partial charge in [-0.2, -0.15) is 0 Å². The van der Waals surface area contributed by atoms with Crippen LogP contribution in [0.25, 0.3) is 0 Å². The standard InChI is InChI=1S/C9H9BrClNO2/c1-14-8-3-2-6(10)4-7(8)12-9(13)5-11/h2-4H,5H2,1H3,(H,12,13). The van der Waals surface area contributed by atoms with Crippen molar-refractivity contribution >= 4 is 39.1 Å². The fraction of sp³-hybridized carbons (Fsp3) is 0.222. The van der Waals surface area contributed by atoms with E-state index in [4.69, 9.17) is 16.3 Å². The van der Waals surface area contributed by atoms with Crippen LogP contribution in [0.4, 0.5) is 5.69 Å². The number of carbonyl (C=O) groups excluding carboxylic acids is 1. The highest BCUT2D eigenvalue weighted by Crippen LogP contribution is 2.27. The number of hydrogen-bond acceptors (Lipinski definition) is 2. The van der Waals surface area contributed by atoms with Gasteiger partial charge in [0.1, 0.15) is 11.6 Å². The molecule has 1 amide bonds. The summed E-state index contributed by atoms with van der Waals surface area (Å²) in [5.41, 5.74) is 0.604. The molecule has 5 heteroatoms. The van der Waals surface area contributed by atoms with Crippen molar-refractivity contribution in [1.82, 2.24) is 0 Å². The molecule has 0 fully saturated rings. The van der Waals surface area contributed by atoms with Gasteiger partial charge in [0.15, 0.2) is 0 Å². The molecule has 1 aromatic rings. The van der Waals surface area contributed by atoms with Crippen LogP contribution in [0.1, 0.15) is 0 Å². The normalized spacial score (nSPS) is 9.64. The first-order valence-corrected chi connectivity index (χ1v) is 5.19. The fourth-order valence-electron chi connectivity index (χ4n) is 0.961. The summed E-state index contributed by atoms with van der Waals surface area (Å²) in [4.78, 5) is 11.0. The summed E-state index contributed by atoms with van der Waals surface area (Å²) < 4.78 is 5.93. The molecule has 0 aliphatic rings. The highest BCUT2D eigenvalue weighted by molar-refractivity contribution is 9.10. The third kappa shape index (κ3) is 2.89. The number of rotatable bonds is 3. The molecule has 14 heavy (non-hydrogen) atoms. The summed E-state index contributed by atoms with van der Waals surface area (Å²) in [7, 11) is 1.54. The quantitative estimate of drug-likeness (QED) is 0.863. The van der Waals surface area contributed by atoms with Crippen LogP contribution in [0.5, 0.6) is 5.75 Å². The van der Waals surface area contributed by atoms with E-state index >= 15 is 0 Å². The predicted molar refractivity (Wildman–Crippen MR) is 60.0 cm³/mol. The first kappa shape index (κ1) is 11.3. The van der Waals surface area contributed by atoms with Gasteiger partial charge >= 0.3 is 0 Å². The van der Waals surface area contributed by atoms with Gasteiger partial charge in [0.05, 0.1) is 12.8 Å². The van der Waals surface area contributed by atoms with Crippen molar-refractivity contribution in [2.75, 3.05) is 18.3 Å². The molecule has 0 heterocycles. The SMILES string of the molecule is COc1ccc(Br)cc1NC(=O)CCl. The lowest BCUT2D eigenvalue weighted by Gasteiger charge is -2.09. The second-order valence-electron chi connectivity index (χ2n) is 2.53. The van der Waals surface area contributed by atoms with Gasteiger partial charge in [-0.25, -0.2) is 0 Å². The van der Waals surface area contributed by atoms with E-state index in [-0.39, 0.29) is 11.8 Å². The van der Waals surface area contributed by atoms with Crippen LogP contribution in [0.2, 0.25) is 0 Å². The second kappa shape index (κ2) is 5.22. The maximum Gasteiger partial charge on any atom is 0.239 e. The summed E-state index contributed by atoms with van der Waals surface area (Å²) in [5, 5.41) is 2.63. The van der Waals surface area contributed by atoms with Crippen LogP contribution in [0, 0.1) is 0 Å². The maximum atomic E-state index is 11.0. The largest absolute Gasteiger partial charge is 0.495 e. The Balaban J connectivity index is 2.93. The Morgan fingerprint density at radius 1 is 1.64 bits per heavy atom. The zero-order valence-electron chi connectivity index (χ0n) is 7.51. The number of nitrogens with one attached hydrogen (secondary N) is 1. The van der Waals surface area contributed by atoms with Gasteiger partial charge in [-0.1, -0.05) is 15.9 Å². The second-order valence-corrected chi connectivity index (χ2v) is 3.71. The lowest BCUT2D eigenvalue weighted by molar-refractivity contribution is -0.113. The molecule has 1 aromatic carbocycles. The molecule has 0 atom stereocenters. The van der Waals surface area contributed by atoms with Crippen molar-refractivity contribution in [3.05, 3.63) is 22.7 Å². The van der Waals surface area contributed by atoms with Crippen LogP contribution >= 0.6 is 27.5 Å². The molecule has 0 spiro atoms. The number of alkyl halides is 1. The van der Waals surface area contributed by atoms with E-state index in [2.05, 4.69) is 21.2 Å². The minimum atomic E-state index is -0.261. The number of hydrogen-bond donors (Lipinski definition) is 1. The minimum Gasteiger partial charge on any atom is -0.495 e. The van der Waals surface area contributed by atoms with Crippen molar-refractivity contribution in [3.8, 4) is 5.75 Å². The zero-order chi connectivity index (χ0) is 10.6. The van der Waals surface area contributed by atoms with Crippen molar-refractivity contribution in [2.45, 2.75) is 0 Å². The van der Waals surface area contributed by atoms with E-state index in [1.807, 2.05) is 6.07 Å². The van der Waals surface area contributed by atoms with E-state index < -0.39 is 0 Å². The van der Waals surface area contributed by atoms with E-state index in [0.717, 1.165) is 4.47 Å². The Morgan fingerprint density at radius 2 is 2.36 bits per heavy atom. The topological polar surface area (TPSA) is 38.3 Å². The van der Waals surface area contributed by atoms with Crippen molar-refractivity contribution < 1.29 is 9.53 Å². The minimum absolute atomic E-state index is 0.0737. The van der Waals surface area contributed by atoms with Gasteiger partial charge in [-0.05, 0) is 18.2 Å².